The van der Waals surface area contributed by atoms with E-state index in [-0.39, 0.29) is 5.91 Å². The second kappa shape index (κ2) is 7.33. The predicted molar refractivity (Wildman–Crippen MR) is 88.0 cm³/mol. The first-order valence-electron chi connectivity index (χ1n) is 7.89. The number of aromatic nitrogens is 1. The zero-order chi connectivity index (χ0) is 15.2. The molecule has 0 spiro atoms. The van der Waals surface area contributed by atoms with Crippen molar-refractivity contribution in [3.63, 3.8) is 0 Å². The molecule has 2 heterocycles. The van der Waals surface area contributed by atoms with Crippen molar-refractivity contribution < 1.29 is 4.79 Å². The van der Waals surface area contributed by atoms with Gasteiger partial charge in [-0.2, -0.15) is 0 Å². The van der Waals surface area contributed by atoms with Gasteiger partial charge in [-0.1, -0.05) is 24.3 Å². The normalized spacial score (nSPS) is 15.8. The molecule has 116 valence electrons. The van der Waals surface area contributed by atoms with Gasteiger partial charge in [-0.3, -0.25) is 9.78 Å². The van der Waals surface area contributed by atoms with Crippen LogP contribution in [0.2, 0.25) is 0 Å². The van der Waals surface area contributed by atoms with Gasteiger partial charge in [-0.25, -0.2) is 0 Å². The Kier molecular flexibility index (Phi) is 4.98. The molecular formula is C17H22N4O. The maximum absolute atomic E-state index is 12.3. The van der Waals surface area contributed by atoms with Crippen molar-refractivity contribution in [2.75, 3.05) is 39.3 Å². The second-order valence-corrected chi connectivity index (χ2v) is 5.58. The first-order valence-corrected chi connectivity index (χ1v) is 7.89. The highest BCUT2D eigenvalue weighted by Gasteiger charge is 2.12. The smallest absolute Gasteiger partial charge is 0.270 e. The summed E-state index contributed by atoms with van der Waals surface area (Å²) < 4.78 is 0. The van der Waals surface area contributed by atoms with Gasteiger partial charge in [0.15, 0.2) is 0 Å². The molecule has 0 atom stereocenters. The van der Waals surface area contributed by atoms with Crippen LogP contribution < -0.4 is 10.6 Å². The molecule has 0 radical (unpaired) electrons. The Morgan fingerprint density at radius 2 is 2.05 bits per heavy atom. The van der Waals surface area contributed by atoms with Gasteiger partial charge in [0.2, 0.25) is 0 Å². The zero-order valence-corrected chi connectivity index (χ0v) is 12.7. The number of hydrogen-bond donors (Lipinski definition) is 2. The average molecular weight is 298 g/mol. The fourth-order valence-corrected chi connectivity index (χ4v) is 2.82. The number of carbonyl (C=O) groups excluding carboxylic acids is 1. The van der Waals surface area contributed by atoms with Crippen LogP contribution in [-0.2, 0) is 0 Å². The Bertz CT molecular complexity index is 632. The molecule has 2 aromatic rings. The van der Waals surface area contributed by atoms with Crippen LogP contribution in [0.4, 0.5) is 0 Å². The molecule has 0 saturated carbocycles. The standard InChI is InChI=1S/C17H22N4O/c22-17(20-7-3-11-21-12-9-18-10-13-21)16-15-5-2-1-4-14(15)6-8-19-16/h1-2,4-6,8,18H,3,7,9-13H2,(H,20,22). The van der Waals surface area contributed by atoms with E-state index in [1.165, 1.54) is 0 Å². The van der Waals surface area contributed by atoms with E-state index in [0.29, 0.717) is 12.2 Å². The summed E-state index contributed by atoms with van der Waals surface area (Å²) in [6.07, 6.45) is 2.66. The highest BCUT2D eigenvalue weighted by molar-refractivity contribution is 6.05. The summed E-state index contributed by atoms with van der Waals surface area (Å²) >= 11 is 0. The molecule has 22 heavy (non-hydrogen) atoms. The summed E-state index contributed by atoms with van der Waals surface area (Å²) in [5.41, 5.74) is 0.514. The Labute approximate surface area is 130 Å². The number of amides is 1. The largest absolute Gasteiger partial charge is 0.351 e. The number of hydrogen-bond acceptors (Lipinski definition) is 4. The molecule has 0 bridgehead atoms. The van der Waals surface area contributed by atoms with E-state index < -0.39 is 0 Å². The molecule has 1 aromatic carbocycles. The minimum Gasteiger partial charge on any atom is -0.351 e. The van der Waals surface area contributed by atoms with Gasteiger partial charge >= 0.3 is 0 Å². The van der Waals surface area contributed by atoms with Gasteiger partial charge < -0.3 is 15.5 Å². The third-order valence-electron chi connectivity index (χ3n) is 4.04. The van der Waals surface area contributed by atoms with E-state index in [1.807, 2.05) is 30.3 Å². The minimum atomic E-state index is -0.0860. The summed E-state index contributed by atoms with van der Waals surface area (Å²) in [7, 11) is 0. The first kappa shape index (κ1) is 14.9. The van der Waals surface area contributed by atoms with E-state index in [2.05, 4.69) is 20.5 Å². The molecule has 5 heteroatoms. The van der Waals surface area contributed by atoms with Crippen molar-refractivity contribution >= 4 is 16.7 Å². The van der Waals surface area contributed by atoms with E-state index in [4.69, 9.17) is 0 Å². The van der Waals surface area contributed by atoms with E-state index in [1.54, 1.807) is 6.20 Å². The maximum Gasteiger partial charge on any atom is 0.270 e. The van der Waals surface area contributed by atoms with Crippen LogP contribution in [0.1, 0.15) is 16.9 Å². The lowest BCUT2D eigenvalue weighted by Gasteiger charge is -2.27. The summed E-state index contributed by atoms with van der Waals surface area (Å²) in [5.74, 6) is -0.0860. The van der Waals surface area contributed by atoms with Crippen LogP contribution in [0.15, 0.2) is 36.5 Å². The van der Waals surface area contributed by atoms with E-state index in [0.717, 1.165) is 49.9 Å². The number of nitrogens with zero attached hydrogens (tertiary/aromatic N) is 2. The second-order valence-electron chi connectivity index (χ2n) is 5.58. The van der Waals surface area contributed by atoms with E-state index >= 15 is 0 Å². The molecule has 0 unspecified atom stereocenters. The molecular weight excluding hydrogens is 276 g/mol. The lowest BCUT2D eigenvalue weighted by Crippen LogP contribution is -2.44. The molecule has 2 N–H and O–H groups in total. The number of carbonyl (C=O) groups is 1. The van der Waals surface area contributed by atoms with Crippen LogP contribution in [0, 0.1) is 0 Å². The van der Waals surface area contributed by atoms with E-state index in [9.17, 15) is 4.79 Å². The lowest BCUT2D eigenvalue weighted by atomic mass is 10.1. The van der Waals surface area contributed by atoms with Gasteiger partial charge in [0, 0.05) is 44.3 Å². The lowest BCUT2D eigenvalue weighted by molar-refractivity contribution is 0.0948. The number of fused-ring (bicyclic) bond motifs is 1. The summed E-state index contributed by atoms with van der Waals surface area (Å²) in [4.78, 5) is 19.0. The summed E-state index contributed by atoms with van der Waals surface area (Å²) in [6, 6.07) is 9.77. The molecule has 1 aliphatic rings. The SMILES string of the molecule is O=C(NCCCN1CCNCC1)c1nccc2ccccc12. The van der Waals surface area contributed by atoms with Crippen LogP contribution in [0.3, 0.4) is 0 Å². The van der Waals surface area contributed by atoms with Crippen LogP contribution in [0.5, 0.6) is 0 Å². The third kappa shape index (κ3) is 3.61. The predicted octanol–water partition coefficient (Wildman–Crippen LogP) is 1.26. The Balaban J connectivity index is 1.53. The molecule has 1 amide bonds. The fourth-order valence-electron chi connectivity index (χ4n) is 2.82. The van der Waals surface area contributed by atoms with Crippen molar-refractivity contribution in [2.24, 2.45) is 0 Å². The number of piperazine rings is 1. The van der Waals surface area contributed by atoms with Crippen LogP contribution in [0.25, 0.3) is 10.8 Å². The van der Waals surface area contributed by atoms with Crippen molar-refractivity contribution in [1.29, 1.82) is 0 Å². The van der Waals surface area contributed by atoms with Crippen molar-refractivity contribution in [3.8, 4) is 0 Å². The van der Waals surface area contributed by atoms with Gasteiger partial charge in [-0.15, -0.1) is 0 Å². The maximum atomic E-state index is 12.3. The molecule has 5 nitrogen and oxygen atoms in total. The number of benzene rings is 1. The number of pyridine rings is 1. The van der Waals surface area contributed by atoms with Crippen molar-refractivity contribution in [1.82, 2.24) is 20.5 Å². The minimum absolute atomic E-state index is 0.0860. The van der Waals surface area contributed by atoms with Gasteiger partial charge in [0.05, 0.1) is 0 Å². The van der Waals surface area contributed by atoms with Gasteiger partial charge in [0.25, 0.3) is 5.91 Å². The van der Waals surface area contributed by atoms with Gasteiger partial charge in [0.1, 0.15) is 5.69 Å². The zero-order valence-electron chi connectivity index (χ0n) is 12.7. The highest BCUT2D eigenvalue weighted by atomic mass is 16.1. The summed E-state index contributed by atoms with van der Waals surface area (Å²) in [5, 5.41) is 8.28. The van der Waals surface area contributed by atoms with Crippen LogP contribution in [-0.4, -0.2) is 55.1 Å². The Morgan fingerprint density at radius 1 is 1.23 bits per heavy atom. The van der Waals surface area contributed by atoms with Crippen molar-refractivity contribution in [2.45, 2.75) is 6.42 Å². The molecule has 1 aromatic heterocycles. The van der Waals surface area contributed by atoms with Crippen molar-refractivity contribution in [3.05, 3.63) is 42.2 Å². The van der Waals surface area contributed by atoms with Gasteiger partial charge in [-0.05, 0) is 24.4 Å². The third-order valence-corrected chi connectivity index (χ3v) is 4.04. The number of nitrogens with one attached hydrogen (secondary N) is 2. The quantitative estimate of drug-likeness (QED) is 0.816. The Morgan fingerprint density at radius 3 is 2.91 bits per heavy atom. The molecule has 3 rings (SSSR count). The molecule has 0 aliphatic carbocycles. The van der Waals surface area contributed by atoms with Crippen LogP contribution >= 0.6 is 0 Å². The Hall–Kier alpha value is -1.98. The topological polar surface area (TPSA) is 57.3 Å². The monoisotopic (exact) mass is 298 g/mol. The molecule has 1 aliphatic heterocycles. The highest BCUT2D eigenvalue weighted by Crippen LogP contribution is 2.15. The first-order chi connectivity index (χ1) is 10.8. The molecule has 1 saturated heterocycles. The number of rotatable bonds is 5. The average Bonchev–Trinajstić information content (AvgIpc) is 2.59. The summed E-state index contributed by atoms with van der Waals surface area (Å²) in [6.45, 7) is 6.04. The fraction of sp³-hybridized carbons (Fsp3) is 0.412. The molecule has 1 fully saturated rings.